The summed E-state index contributed by atoms with van der Waals surface area (Å²) in [5, 5.41) is 6.89. The van der Waals surface area contributed by atoms with Gasteiger partial charge in [0.2, 0.25) is 5.91 Å². The Balaban J connectivity index is 1.50. The largest absolute Gasteiger partial charge is 0.355 e. The van der Waals surface area contributed by atoms with E-state index in [0.29, 0.717) is 24.8 Å². The number of benzene rings is 1. The quantitative estimate of drug-likeness (QED) is 0.935. The van der Waals surface area contributed by atoms with E-state index in [1.165, 1.54) is 0 Å². The number of hydrogen-bond donors (Lipinski definition) is 1. The van der Waals surface area contributed by atoms with Gasteiger partial charge in [-0.15, -0.1) is 0 Å². The molecule has 1 aliphatic heterocycles. The predicted octanol–water partition coefficient (Wildman–Crippen LogP) is 2.22. The molecule has 2 heterocycles. The van der Waals surface area contributed by atoms with Crippen molar-refractivity contribution >= 4 is 11.8 Å². The molecule has 1 aliphatic carbocycles. The van der Waals surface area contributed by atoms with Gasteiger partial charge < -0.3 is 14.7 Å². The monoisotopic (exact) mass is 325 g/mol. The average Bonchev–Trinajstić information content (AvgIpc) is 3.12. The van der Waals surface area contributed by atoms with Gasteiger partial charge in [0.05, 0.1) is 0 Å². The highest BCUT2D eigenvalue weighted by Gasteiger charge is 2.37. The number of amides is 2. The Hall–Kier alpha value is -2.63. The molecule has 24 heavy (non-hydrogen) atoms. The fourth-order valence-electron chi connectivity index (χ4n) is 3.07. The first-order valence-corrected chi connectivity index (χ1v) is 8.36. The van der Waals surface area contributed by atoms with E-state index in [1.54, 1.807) is 11.0 Å². The minimum atomic E-state index is -0.394. The Labute approximate surface area is 139 Å². The van der Waals surface area contributed by atoms with Crippen LogP contribution in [-0.4, -0.2) is 40.5 Å². The molecule has 4 rings (SSSR count). The highest BCUT2D eigenvalue weighted by atomic mass is 16.5. The molecule has 6 nitrogen and oxygen atoms in total. The van der Waals surface area contributed by atoms with E-state index in [2.05, 4.69) is 10.5 Å². The van der Waals surface area contributed by atoms with Gasteiger partial charge in [-0.3, -0.25) is 9.59 Å². The minimum Gasteiger partial charge on any atom is -0.355 e. The van der Waals surface area contributed by atoms with Crippen LogP contribution in [0.3, 0.4) is 0 Å². The zero-order valence-corrected chi connectivity index (χ0v) is 13.3. The van der Waals surface area contributed by atoms with Crippen LogP contribution in [0.1, 0.15) is 36.2 Å². The molecule has 2 amide bonds. The van der Waals surface area contributed by atoms with Crippen LogP contribution in [0.15, 0.2) is 40.9 Å². The summed E-state index contributed by atoms with van der Waals surface area (Å²) in [6.07, 6.45) is 3.61. The number of hydrogen-bond acceptors (Lipinski definition) is 4. The Kier molecular flexibility index (Phi) is 3.80. The molecule has 1 unspecified atom stereocenters. The summed E-state index contributed by atoms with van der Waals surface area (Å²) in [4.78, 5) is 26.7. The van der Waals surface area contributed by atoms with Crippen LogP contribution in [0.4, 0.5) is 0 Å². The lowest BCUT2D eigenvalue weighted by atomic mass is 10.1. The van der Waals surface area contributed by atoms with Gasteiger partial charge in [0.1, 0.15) is 6.04 Å². The van der Waals surface area contributed by atoms with Crippen LogP contribution >= 0.6 is 0 Å². The third kappa shape index (κ3) is 2.91. The normalized spacial score (nSPS) is 20.2. The zero-order valence-electron chi connectivity index (χ0n) is 13.3. The molecule has 6 heteroatoms. The van der Waals surface area contributed by atoms with Crippen LogP contribution in [-0.2, 0) is 4.79 Å². The molecule has 2 fully saturated rings. The zero-order chi connectivity index (χ0) is 16.5. The number of aromatic nitrogens is 1. The molecule has 0 spiro atoms. The summed E-state index contributed by atoms with van der Waals surface area (Å²) < 4.78 is 5.30. The van der Waals surface area contributed by atoms with Crippen LogP contribution in [0.2, 0.25) is 0 Å². The van der Waals surface area contributed by atoms with Crippen molar-refractivity contribution in [3.8, 4) is 11.3 Å². The van der Waals surface area contributed by atoms with Crippen molar-refractivity contribution < 1.29 is 14.1 Å². The molecule has 2 aliphatic rings. The van der Waals surface area contributed by atoms with Crippen molar-refractivity contribution in [2.45, 2.75) is 37.8 Å². The van der Waals surface area contributed by atoms with E-state index in [1.807, 2.05) is 30.3 Å². The van der Waals surface area contributed by atoms with Gasteiger partial charge in [0.25, 0.3) is 5.91 Å². The SMILES string of the molecule is O=C(NC1CC1)C1CCCN1C(=O)c1cc(-c2ccccc2)on1. The minimum absolute atomic E-state index is 0.0462. The van der Waals surface area contributed by atoms with Gasteiger partial charge >= 0.3 is 0 Å². The van der Waals surface area contributed by atoms with Gasteiger partial charge in [-0.05, 0) is 25.7 Å². The van der Waals surface area contributed by atoms with Crippen LogP contribution in [0.5, 0.6) is 0 Å². The summed E-state index contributed by atoms with van der Waals surface area (Å²) >= 11 is 0. The Bertz CT molecular complexity index is 752. The Morgan fingerprint density at radius 3 is 2.71 bits per heavy atom. The summed E-state index contributed by atoms with van der Waals surface area (Å²) in [5.41, 5.74) is 1.12. The highest BCUT2D eigenvalue weighted by Crippen LogP contribution is 2.25. The molecular formula is C18H19N3O3. The van der Waals surface area contributed by atoms with E-state index >= 15 is 0 Å². The summed E-state index contributed by atoms with van der Waals surface area (Å²) in [7, 11) is 0. The van der Waals surface area contributed by atoms with Crippen molar-refractivity contribution in [3.05, 3.63) is 42.1 Å². The fourth-order valence-corrected chi connectivity index (χ4v) is 3.07. The van der Waals surface area contributed by atoms with Gasteiger partial charge in [-0.1, -0.05) is 35.5 Å². The highest BCUT2D eigenvalue weighted by molar-refractivity contribution is 5.97. The van der Waals surface area contributed by atoms with E-state index in [4.69, 9.17) is 4.52 Å². The van der Waals surface area contributed by atoms with Crippen LogP contribution in [0, 0.1) is 0 Å². The van der Waals surface area contributed by atoms with Crippen LogP contribution in [0.25, 0.3) is 11.3 Å². The second-order valence-corrected chi connectivity index (χ2v) is 6.38. The number of carbonyl (C=O) groups is 2. The maximum absolute atomic E-state index is 12.7. The van der Waals surface area contributed by atoms with Crippen molar-refractivity contribution in [3.63, 3.8) is 0 Å². The molecule has 1 aromatic carbocycles. The third-order valence-corrected chi connectivity index (χ3v) is 4.53. The molecule has 1 saturated carbocycles. The first kappa shape index (κ1) is 14.9. The molecule has 1 atom stereocenters. The summed E-state index contributed by atoms with van der Waals surface area (Å²) in [5.74, 6) is 0.265. The second-order valence-electron chi connectivity index (χ2n) is 6.38. The van der Waals surface area contributed by atoms with E-state index in [0.717, 1.165) is 24.8 Å². The van der Waals surface area contributed by atoms with Gasteiger partial charge in [-0.2, -0.15) is 0 Å². The summed E-state index contributed by atoms with van der Waals surface area (Å²) in [6, 6.07) is 11.1. The lowest BCUT2D eigenvalue weighted by Crippen LogP contribution is -2.46. The van der Waals surface area contributed by atoms with Gasteiger partial charge in [-0.25, -0.2) is 0 Å². The fraction of sp³-hybridized carbons (Fsp3) is 0.389. The van der Waals surface area contributed by atoms with Crippen molar-refractivity contribution in [2.75, 3.05) is 6.54 Å². The Morgan fingerprint density at radius 1 is 1.17 bits per heavy atom. The Morgan fingerprint density at radius 2 is 1.96 bits per heavy atom. The third-order valence-electron chi connectivity index (χ3n) is 4.53. The molecule has 1 N–H and O–H groups in total. The van der Waals surface area contributed by atoms with E-state index in [-0.39, 0.29) is 17.5 Å². The average molecular weight is 325 g/mol. The predicted molar refractivity (Wildman–Crippen MR) is 87.2 cm³/mol. The molecule has 0 bridgehead atoms. The number of likely N-dealkylation sites (tertiary alicyclic amines) is 1. The topological polar surface area (TPSA) is 75.4 Å². The lowest BCUT2D eigenvalue weighted by Gasteiger charge is -2.22. The first-order chi connectivity index (χ1) is 11.7. The smallest absolute Gasteiger partial charge is 0.276 e. The van der Waals surface area contributed by atoms with Crippen molar-refractivity contribution in [2.24, 2.45) is 0 Å². The maximum atomic E-state index is 12.7. The first-order valence-electron chi connectivity index (χ1n) is 8.36. The maximum Gasteiger partial charge on any atom is 0.276 e. The van der Waals surface area contributed by atoms with E-state index in [9.17, 15) is 9.59 Å². The number of nitrogens with one attached hydrogen (secondary N) is 1. The number of nitrogens with zero attached hydrogens (tertiary/aromatic N) is 2. The van der Waals surface area contributed by atoms with Crippen molar-refractivity contribution in [1.29, 1.82) is 0 Å². The molecule has 2 aromatic rings. The molecule has 1 saturated heterocycles. The standard InChI is InChI=1S/C18H19N3O3/c22-17(19-13-8-9-13)15-7-4-10-21(15)18(23)14-11-16(24-20-14)12-5-2-1-3-6-12/h1-3,5-6,11,13,15H,4,7-10H2,(H,19,22). The van der Waals surface area contributed by atoms with Gasteiger partial charge in [0, 0.05) is 24.2 Å². The number of carbonyl (C=O) groups excluding carboxylic acids is 2. The molecular weight excluding hydrogens is 306 g/mol. The molecule has 0 radical (unpaired) electrons. The van der Waals surface area contributed by atoms with Crippen LogP contribution < -0.4 is 5.32 Å². The molecule has 124 valence electrons. The van der Waals surface area contributed by atoms with Crippen molar-refractivity contribution in [1.82, 2.24) is 15.4 Å². The molecule has 1 aromatic heterocycles. The lowest BCUT2D eigenvalue weighted by molar-refractivity contribution is -0.125. The second kappa shape index (κ2) is 6.11. The number of rotatable bonds is 4. The van der Waals surface area contributed by atoms with Gasteiger partial charge in [0.15, 0.2) is 11.5 Å². The summed E-state index contributed by atoms with van der Waals surface area (Å²) in [6.45, 7) is 0.578. The van der Waals surface area contributed by atoms with E-state index < -0.39 is 6.04 Å².